The number of rotatable bonds is 1. The molecule has 20 heavy (non-hydrogen) atoms. The van der Waals surface area contributed by atoms with Crippen molar-refractivity contribution in [2.45, 2.75) is 40.5 Å². The zero-order valence-electron chi connectivity index (χ0n) is 12.9. The third-order valence-electron chi connectivity index (χ3n) is 4.52. The number of aryl methyl sites for hydroxylation is 2. The van der Waals surface area contributed by atoms with Gasteiger partial charge < -0.3 is 0 Å². The van der Waals surface area contributed by atoms with Crippen LogP contribution in [0.2, 0.25) is 0 Å². The predicted octanol–water partition coefficient (Wildman–Crippen LogP) is 5.92. The van der Waals surface area contributed by atoms with Crippen molar-refractivity contribution in [3.8, 4) is 0 Å². The first-order valence-electron chi connectivity index (χ1n) is 7.45. The third-order valence-corrected chi connectivity index (χ3v) is 4.52. The van der Waals surface area contributed by atoms with Crippen molar-refractivity contribution in [2.75, 3.05) is 0 Å². The SMILES string of the molecule is CC(C)=C(C)c1cc2ccc3c(c2cc1C)C=CCC3. The fraction of sp³-hybridized carbons (Fsp3) is 0.300. The first-order valence-corrected chi connectivity index (χ1v) is 7.45. The van der Waals surface area contributed by atoms with Crippen molar-refractivity contribution in [3.05, 3.63) is 58.2 Å². The van der Waals surface area contributed by atoms with Crippen molar-refractivity contribution >= 4 is 22.4 Å². The summed E-state index contributed by atoms with van der Waals surface area (Å²) in [5, 5.41) is 2.76. The average Bonchev–Trinajstić information content (AvgIpc) is 2.45. The zero-order chi connectivity index (χ0) is 14.3. The van der Waals surface area contributed by atoms with Crippen molar-refractivity contribution in [2.24, 2.45) is 0 Å². The van der Waals surface area contributed by atoms with E-state index in [9.17, 15) is 0 Å². The van der Waals surface area contributed by atoms with E-state index < -0.39 is 0 Å². The fourth-order valence-electron chi connectivity index (χ4n) is 3.08. The van der Waals surface area contributed by atoms with Crippen LogP contribution in [-0.2, 0) is 6.42 Å². The van der Waals surface area contributed by atoms with Gasteiger partial charge in [0.2, 0.25) is 0 Å². The van der Waals surface area contributed by atoms with Crippen LogP contribution in [0.1, 0.15) is 49.4 Å². The zero-order valence-corrected chi connectivity index (χ0v) is 12.9. The maximum atomic E-state index is 2.37. The van der Waals surface area contributed by atoms with Gasteiger partial charge in [-0.2, -0.15) is 0 Å². The molecule has 0 N–H and O–H groups in total. The van der Waals surface area contributed by atoms with Crippen molar-refractivity contribution in [3.63, 3.8) is 0 Å². The Balaban J connectivity index is 2.30. The van der Waals surface area contributed by atoms with Crippen LogP contribution in [0.3, 0.4) is 0 Å². The summed E-state index contributed by atoms with van der Waals surface area (Å²) in [7, 11) is 0. The van der Waals surface area contributed by atoms with Crippen LogP contribution in [0.5, 0.6) is 0 Å². The molecule has 0 bridgehead atoms. The van der Waals surface area contributed by atoms with E-state index in [0.717, 1.165) is 0 Å². The van der Waals surface area contributed by atoms with Gasteiger partial charge >= 0.3 is 0 Å². The molecule has 102 valence electrons. The van der Waals surface area contributed by atoms with E-state index in [2.05, 4.69) is 64.1 Å². The Morgan fingerprint density at radius 3 is 2.60 bits per heavy atom. The molecular weight excluding hydrogens is 240 g/mol. The van der Waals surface area contributed by atoms with E-state index in [4.69, 9.17) is 0 Å². The summed E-state index contributed by atoms with van der Waals surface area (Å²) in [4.78, 5) is 0. The summed E-state index contributed by atoms with van der Waals surface area (Å²) < 4.78 is 0. The highest BCUT2D eigenvalue weighted by Gasteiger charge is 2.11. The van der Waals surface area contributed by atoms with Gasteiger partial charge in [0, 0.05) is 0 Å². The first kappa shape index (κ1) is 13.2. The highest BCUT2D eigenvalue weighted by Crippen LogP contribution is 2.32. The second-order valence-corrected chi connectivity index (χ2v) is 6.09. The molecule has 0 fully saturated rings. The van der Waals surface area contributed by atoms with Crippen LogP contribution in [0.15, 0.2) is 35.9 Å². The van der Waals surface area contributed by atoms with E-state index >= 15 is 0 Å². The lowest BCUT2D eigenvalue weighted by molar-refractivity contribution is 0.990. The molecule has 0 radical (unpaired) electrons. The molecule has 0 aromatic heterocycles. The smallest absolute Gasteiger partial charge is 0.0106 e. The topological polar surface area (TPSA) is 0 Å². The lowest BCUT2D eigenvalue weighted by atomic mass is 9.88. The predicted molar refractivity (Wildman–Crippen MR) is 90.0 cm³/mol. The quantitative estimate of drug-likeness (QED) is 0.598. The molecule has 0 heteroatoms. The maximum Gasteiger partial charge on any atom is -0.0106 e. The van der Waals surface area contributed by atoms with Gasteiger partial charge in [-0.1, -0.05) is 35.9 Å². The number of benzene rings is 2. The van der Waals surface area contributed by atoms with Gasteiger partial charge in [-0.3, -0.25) is 0 Å². The molecule has 0 saturated heterocycles. The number of hydrogen-bond acceptors (Lipinski definition) is 0. The molecule has 0 saturated carbocycles. The maximum absolute atomic E-state index is 2.37. The summed E-state index contributed by atoms with van der Waals surface area (Å²) in [6, 6.07) is 9.31. The van der Waals surface area contributed by atoms with Gasteiger partial charge in [0.1, 0.15) is 0 Å². The molecule has 0 spiro atoms. The molecule has 2 aromatic rings. The van der Waals surface area contributed by atoms with E-state index in [1.165, 1.54) is 57.0 Å². The molecule has 0 atom stereocenters. The first-order chi connectivity index (χ1) is 9.58. The van der Waals surface area contributed by atoms with E-state index in [1.54, 1.807) is 0 Å². The van der Waals surface area contributed by atoms with E-state index in [1.807, 2.05) is 0 Å². The van der Waals surface area contributed by atoms with Gasteiger partial charge in [-0.15, -0.1) is 0 Å². The second-order valence-electron chi connectivity index (χ2n) is 6.09. The third kappa shape index (κ3) is 2.10. The van der Waals surface area contributed by atoms with Crippen LogP contribution in [0.25, 0.3) is 22.4 Å². The second kappa shape index (κ2) is 4.94. The Hall–Kier alpha value is -1.82. The minimum Gasteiger partial charge on any atom is -0.0836 e. The van der Waals surface area contributed by atoms with E-state index in [-0.39, 0.29) is 0 Å². The Morgan fingerprint density at radius 2 is 1.85 bits per heavy atom. The standard InChI is InChI=1S/C20H22/c1-13(2)15(4)19-12-17-10-9-16-7-5-6-8-18(16)20(17)11-14(19)3/h6,8-12H,5,7H2,1-4H3. The Morgan fingerprint density at radius 1 is 1.05 bits per heavy atom. The summed E-state index contributed by atoms with van der Waals surface area (Å²) in [5.74, 6) is 0. The van der Waals surface area contributed by atoms with Crippen molar-refractivity contribution in [1.82, 2.24) is 0 Å². The molecule has 1 aliphatic carbocycles. The molecule has 0 heterocycles. The van der Waals surface area contributed by atoms with Gasteiger partial charge in [-0.05, 0) is 85.2 Å². The van der Waals surface area contributed by atoms with Crippen molar-refractivity contribution in [1.29, 1.82) is 0 Å². The van der Waals surface area contributed by atoms with Gasteiger partial charge in [0.05, 0.1) is 0 Å². The van der Waals surface area contributed by atoms with Gasteiger partial charge in [0.25, 0.3) is 0 Å². The minimum absolute atomic E-state index is 1.17. The Bertz CT molecular complexity index is 738. The Kier molecular flexibility index (Phi) is 3.25. The molecule has 2 aromatic carbocycles. The monoisotopic (exact) mass is 262 g/mol. The molecule has 0 aliphatic heterocycles. The minimum atomic E-state index is 1.17. The summed E-state index contributed by atoms with van der Waals surface area (Å²) in [5.41, 5.74) is 8.48. The molecule has 0 unspecified atom stereocenters. The van der Waals surface area contributed by atoms with Crippen LogP contribution < -0.4 is 0 Å². The average molecular weight is 262 g/mol. The number of allylic oxidation sites excluding steroid dienone is 3. The van der Waals surface area contributed by atoms with Crippen LogP contribution in [0.4, 0.5) is 0 Å². The molecular formula is C20H22. The lowest BCUT2D eigenvalue weighted by Gasteiger charge is -2.16. The summed E-state index contributed by atoms with van der Waals surface area (Å²) in [6.45, 7) is 8.83. The fourth-order valence-corrected chi connectivity index (χ4v) is 3.08. The lowest BCUT2D eigenvalue weighted by Crippen LogP contribution is -1.96. The largest absolute Gasteiger partial charge is 0.0836 e. The van der Waals surface area contributed by atoms with Crippen LogP contribution in [0, 0.1) is 6.92 Å². The Labute approximate surface area is 121 Å². The van der Waals surface area contributed by atoms with Crippen molar-refractivity contribution < 1.29 is 0 Å². The van der Waals surface area contributed by atoms with Gasteiger partial charge in [-0.25, -0.2) is 0 Å². The van der Waals surface area contributed by atoms with Crippen LogP contribution in [-0.4, -0.2) is 0 Å². The van der Waals surface area contributed by atoms with Gasteiger partial charge in [0.15, 0.2) is 0 Å². The molecule has 0 nitrogen and oxygen atoms in total. The number of hydrogen-bond donors (Lipinski definition) is 0. The highest BCUT2D eigenvalue weighted by atomic mass is 14.2. The van der Waals surface area contributed by atoms with E-state index in [0.29, 0.717) is 0 Å². The highest BCUT2D eigenvalue weighted by molar-refractivity contribution is 5.95. The molecule has 1 aliphatic rings. The van der Waals surface area contributed by atoms with Crippen LogP contribution >= 0.6 is 0 Å². The molecule has 0 amide bonds. The number of fused-ring (bicyclic) bond motifs is 3. The summed E-state index contributed by atoms with van der Waals surface area (Å²) in [6.07, 6.45) is 6.95. The molecule has 3 rings (SSSR count). The summed E-state index contributed by atoms with van der Waals surface area (Å²) >= 11 is 0. The normalized spacial score (nSPS) is 13.4.